The first-order chi connectivity index (χ1) is 14.5. The number of nitrogens with zero attached hydrogens (tertiary/aromatic N) is 2. The Hall–Kier alpha value is -2.66. The number of likely N-dealkylation sites (N-methyl/N-ethyl adjacent to an activating group) is 1. The number of benzene rings is 2. The number of ether oxygens (including phenoxy) is 1. The van der Waals surface area contributed by atoms with Crippen LogP contribution < -0.4 is 0 Å². The molecule has 5 heteroatoms. The molecular formula is C25H29FN2O2. The van der Waals surface area contributed by atoms with E-state index in [0.717, 1.165) is 25.1 Å². The summed E-state index contributed by atoms with van der Waals surface area (Å²) >= 11 is 0. The maximum Gasteiger partial charge on any atom is 0.306 e. The van der Waals surface area contributed by atoms with Crippen LogP contribution in [0.15, 0.2) is 42.5 Å². The lowest BCUT2D eigenvalue weighted by molar-refractivity contribution is -0.143. The molecule has 1 aromatic heterocycles. The van der Waals surface area contributed by atoms with Gasteiger partial charge in [0.15, 0.2) is 0 Å². The Balaban J connectivity index is 1.77. The molecule has 158 valence electrons. The van der Waals surface area contributed by atoms with Crippen LogP contribution in [0.3, 0.4) is 0 Å². The van der Waals surface area contributed by atoms with Gasteiger partial charge in [0, 0.05) is 42.1 Å². The molecule has 0 bridgehead atoms. The summed E-state index contributed by atoms with van der Waals surface area (Å²) in [5.74, 6) is -0.572. The lowest BCUT2D eigenvalue weighted by Gasteiger charge is -2.26. The Morgan fingerprint density at radius 2 is 1.97 bits per heavy atom. The van der Waals surface area contributed by atoms with Crippen molar-refractivity contribution in [2.45, 2.75) is 45.7 Å². The minimum atomic E-state index is -0.269. The van der Waals surface area contributed by atoms with E-state index in [0.29, 0.717) is 13.2 Å². The third-order valence-electron chi connectivity index (χ3n) is 6.07. The van der Waals surface area contributed by atoms with Crippen LogP contribution >= 0.6 is 0 Å². The fourth-order valence-corrected chi connectivity index (χ4v) is 4.56. The molecule has 0 spiro atoms. The Labute approximate surface area is 177 Å². The molecule has 3 aromatic rings. The molecular weight excluding hydrogens is 379 g/mol. The van der Waals surface area contributed by atoms with E-state index < -0.39 is 0 Å². The molecule has 0 N–H and O–H groups in total. The van der Waals surface area contributed by atoms with Crippen LogP contribution in [-0.2, 0) is 29.0 Å². The standard InChI is InChI=1S/C25H29FN2O2/c1-4-30-25(29)14-19(18-6-8-20(26)9-7-18)15-28-23-10-5-17(2)13-22(23)21-11-12-27(3)16-24(21)28/h5-10,13,19H,4,11-12,14-16H2,1-3H3. The molecule has 0 radical (unpaired) electrons. The van der Waals surface area contributed by atoms with Gasteiger partial charge in [-0.05, 0) is 62.7 Å². The minimum Gasteiger partial charge on any atom is -0.466 e. The zero-order valence-electron chi connectivity index (χ0n) is 18.0. The minimum absolute atomic E-state index is 0.0853. The van der Waals surface area contributed by atoms with Crippen LogP contribution in [0.2, 0.25) is 0 Å². The Morgan fingerprint density at radius 1 is 1.20 bits per heavy atom. The number of hydrogen-bond donors (Lipinski definition) is 0. The number of halogens is 1. The van der Waals surface area contributed by atoms with Gasteiger partial charge in [0.2, 0.25) is 0 Å². The number of aryl methyl sites for hydroxylation is 1. The quantitative estimate of drug-likeness (QED) is 0.549. The van der Waals surface area contributed by atoms with Crippen LogP contribution in [0.5, 0.6) is 0 Å². The molecule has 1 unspecified atom stereocenters. The Morgan fingerprint density at radius 3 is 2.70 bits per heavy atom. The molecule has 0 saturated heterocycles. The van der Waals surface area contributed by atoms with E-state index in [1.54, 1.807) is 12.1 Å². The van der Waals surface area contributed by atoms with E-state index >= 15 is 0 Å². The summed E-state index contributed by atoms with van der Waals surface area (Å²) in [5.41, 5.74) is 6.15. The van der Waals surface area contributed by atoms with Gasteiger partial charge in [0.25, 0.3) is 0 Å². The van der Waals surface area contributed by atoms with Gasteiger partial charge in [-0.25, -0.2) is 4.39 Å². The monoisotopic (exact) mass is 408 g/mol. The summed E-state index contributed by atoms with van der Waals surface area (Å²) in [4.78, 5) is 14.7. The van der Waals surface area contributed by atoms with Gasteiger partial charge in [-0.2, -0.15) is 0 Å². The predicted molar refractivity (Wildman–Crippen MR) is 117 cm³/mol. The van der Waals surface area contributed by atoms with Gasteiger partial charge in [0.1, 0.15) is 5.82 Å². The van der Waals surface area contributed by atoms with E-state index in [2.05, 4.69) is 41.6 Å². The van der Waals surface area contributed by atoms with Crippen molar-refractivity contribution in [3.8, 4) is 0 Å². The molecule has 4 nitrogen and oxygen atoms in total. The highest BCUT2D eigenvalue weighted by Crippen LogP contribution is 2.34. The smallest absolute Gasteiger partial charge is 0.306 e. The van der Waals surface area contributed by atoms with Gasteiger partial charge >= 0.3 is 5.97 Å². The van der Waals surface area contributed by atoms with E-state index in [4.69, 9.17) is 4.74 Å². The third kappa shape index (κ3) is 4.12. The number of hydrogen-bond acceptors (Lipinski definition) is 3. The first-order valence-electron chi connectivity index (χ1n) is 10.7. The summed E-state index contributed by atoms with van der Waals surface area (Å²) in [7, 11) is 2.15. The molecule has 1 atom stereocenters. The van der Waals surface area contributed by atoms with Gasteiger partial charge < -0.3 is 14.2 Å². The maximum absolute atomic E-state index is 13.5. The highest BCUT2D eigenvalue weighted by molar-refractivity contribution is 5.86. The summed E-state index contributed by atoms with van der Waals surface area (Å²) in [6.45, 7) is 6.90. The zero-order chi connectivity index (χ0) is 21.3. The highest BCUT2D eigenvalue weighted by Gasteiger charge is 2.25. The molecule has 4 rings (SSSR count). The second-order valence-corrected chi connectivity index (χ2v) is 8.30. The fraction of sp³-hybridized carbons (Fsp3) is 0.400. The molecule has 0 aliphatic carbocycles. The van der Waals surface area contributed by atoms with E-state index in [1.807, 2.05) is 6.92 Å². The van der Waals surface area contributed by atoms with E-state index in [1.165, 1.54) is 39.9 Å². The molecule has 1 aliphatic rings. The molecule has 0 amide bonds. The Bertz CT molecular complexity index is 1060. The number of fused-ring (bicyclic) bond motifs is 3. The fourth-order valence-electron chi connectivity index (χ4n) is 4.56. The first kappa shape index (κ1) is 20.6. The molecule has 30 heavy (non-hydrogen) atoms. The van der Waals surface area contributed by atoms with Crippen LogP contribution in [-0.4, -0.2) is 35.6 Å². The van der Waals surface area contributed by atoms with Gasteiger partial charge in [-0.1, -0.05) is 23.8 Å². The predicted octanol–water partition coefficient (Wildman–Crippen LogP) is 4.81. The van der Waals surface area contributed by atoms with Crippen molar-refractivity contribution >= 4 is 16.9 Å². The zero-order valence-corrected chi connectivity index (χ0v) is 18.0. The van der Waals surface area contributed by atoms with Crippen molar-refractivity contribution in [1.82, 2.24) is 9.47 Å². The molecule has 1 aliphatic heterocycles. The van der Waals surface area contributed by atoms with Gasteiger partial charge in [-0.15, -0.1) is 0 Å². The maximum atomic E-state index is 13.5. The topological polar surface area (TPSA) is 34.5 Å². The summed E-state index contributed by atoms with van der Waals surface area (Å²) in [6.07, 6.45) is 1.30. The van der Waals surface area contributed by atoms with Crippen molar-refractivity contribution in [3.05, 3.63) is 70.7 Å². The lowest BCUT2D eigenvalue weighted by atomic mass is 9.95. The lowest BCUT2D eigenvalue weighted by Crippen LogP contribution is -2.28. The molecule has 2 heterocycles. The Kier molecular flexibility index (Phi) is 5.91. The third-order valence-corrected chi connectivity index (χ3v) is 6.07. The molecule has 2 aromatic carbocycles. The first-order valence-corrected chi connectivity index (χ1v) is 10.7. The average molecular weight is 409 g/mol. The largest absolute Gasteiger partial charge is 0.466 e. The van der Waals surface area contributed by atoms with Gasteiger partial charge in [-0.3, -0.25) is 4.79 Å². The summed E-state index contributed by atoms with van der Waals surface area (Å²) in [5, 5.41) is 1.31. The van der Waals surface area contributed by atoms with Gasteiger partial charge in [0.05, 0.1) is 13.0 Å². The molecule has 0 saturated carbocycles. The summed E-state index contributed by atoms with van der Waals surface area (Å²) in [6, 6.07) is 13.1. The van der Waals surface area contributed by atoms with Crippen LogP contribution in [0, 0.1) is 12.7 Å². The average Bonchev–Trinajstić information content (AvgIpc) is 3.00. The number of esters is 1. The van der Waals surface area contributed by atoms with Crippen LogP contribution in [0.25, 0.3) is 10.9 Å². The van der Waals surface area contributed by atoms with Crippen molar-refractivity contribution in [3.63, 3.8) is 0 Å². The van der Waals surface area contributed by atoms with Crippen molar-refractivity contribution in [2.24, 2.45) is 0 Å². The van der Waals surface area contributed by atoms with E-state index in [-0.39, 0.29) is 24.1 Å². The number of aromatic nitrogens is 1. The molecule has 0 fully saturated rings. The van der Waals surface area contributed by atoms with E-state index in [9.17, 15) is 9.18 Å². The van der Waals surface area contributed by atoms with Crippen molar-refractivity contribution < 1.29 is 13.9 Å². The van der Waals surface area contributed by atoms with Crippen molar-refractivity contribution in [2.75, 3.05) is 20.2 Å². The second-order valence-electron chi connectivity index (χ2n) is 8.30. The SMILES string of the molecule is CCOC(=O)CC(Cn1c2c(c3cc(C)ccc31)CCN(C)C2)c1ccc(F)cc1. The number of rotatable bonds is 6. The normalized spacial score (nSPS) is 15.2. The number of carbonyl (C=O) groups is 1. The number of carbonyl (C=O) groups excluding carboxylic acids is 1. The van der Waals surface area contributed by atoms with Crippen molar-refractivity contribution in [1.29, 1.82) is 0 Å². The highest BCUT2D eigenvalue weighted by atomic mass is 19.1. The van der Waals surface area contributed by atoms with Crippen LogP contribution in [0.1, 0.15) is 41.6 Å². The summed E-state index contributed by atoms with van der Waals surface area (Å²) < 4.78 is 21.1. The van der Waals surface area contributed by atoms with Crippen LogP contribution in [0.4, 0.5) is 4.39 Å². The second kappa shape index (κ2) is 8.60.